The third-order valence-electron chi connectivity index (χ3n) is 6.07. The first-order valence-electron chi connectivity index (χ1n) is 11.5. The fraction of sp³-hybridized carbons (Fsp3) is 0.346. The number of hydrogen-bond donors (Lipinski definition) is 1. The van der Waals surface area contributed by atoms with Crippen LogP contribution in [-0.4, -0.2) is 58.3 Å². The second-order valence-corrected chi connectivity index (χ2v) is 10.5. The van der Waals surface area contributed by atoms with Gasteiger partial charge in [0.1, 0.15) is 5.75 Å². The molecular formula is C26H30N2O6S. The zero-order valence-electron chi connectivity index (χ0n) is 20.0. The van der Waals surface area contributed by atoms with Crippen molar-refractivity contribution >= 4 is 26.7 Å². The molecule has 8 nitrogen and oxygen atoms in total. The average Bonchev–Trinajstić information content (AvgIpc) is 2.88. The van der Waals surface area contributed by atoms with E-state index in [-0.39, 0.29) is 24.8 Å². The zero-order valence-corrected chi connectivity index (χ0v) is 20.8. The smallest absolute Gasteiger partial charge is 0.257 e. The number of ether oxygens (including phenoxy) is 3. The Labute approximate surface area is 205 Å². The molecule has 0 saturated heterocycles. The van der Waals surface area contributed by atoms with Crippen LogP contribution in [0.5, 0.6) is 17.2 Å². The summed E-state index contributed by atoms with van der Waals surface area (Å²) in [5, 5.41) is 4.87. The highest BCUT2D eigenvalue weighted by molar-refractivity contribution is 7.89. The topological polar surface area (TPSA) is 94.2 Å². The molecule has 0 spiro atoms. The van der Waals surface area contributed by atoms with E-state index in [4.69, 9.17) is 14.2 Å². The number of benzene rings is 3. The summed E-state index contributed by atoms with van der Waals surface area (Å²) in [6, 6.07) is 17.3. The van der Waals surface area contributed by atoms with Gasteiger partial charge in [-0.1, -0.05) is 30.3 Å². The molecule has 0 unspecified atom stereocenters. The molecule has 0 fully saturated rings. The Kier molecular flexibility index (Phi) is 7.77. The van der Waals surface area contributed by atoms with Crippen molar-refractivity contribution in [2.75, 3.05) is 39.7 Å². The Morgan fingerprint density at radius 2 is 1.69 bits per heavy atom. The van der Waals surface area contributed by atoms with Gasteiger partial charge in [0.15, 0.2) is 18.1 Å². The molecule has 0 bridgehead atoms. The number of nitrogens with zero attached hydrogens (tertiary/aromatic N) is 1. The minimum Gasteiger partial charge on any atom is -0.493 e. The van der Waals surface area contributed by atoms with Gasteiger partial charge in [-0.2, -0.15) is 4.31 Å². The van der Waals surface area contributed by atoms with Gasteiger partial charge in [0, 0.05) is 19.6 Å². The molecule has 3 aromatic rings. The molecule has 0 aromatic heterocycles. The van der Waals surface area contributed by atoms with Crippen molar-refractivity contribution in [3.05, 3.63) is 65.7 Å². The number of carbonyl (C=O) groups is 1. The Hall–Kier alpha value is -3.30. The Morgan fingerprint density at radius 1 is 0.971 bits per heavy atom. The van der Waals surface area contributed by atoms with Gasteiger partial charge in [-0.25, -0.2) is 8.42 Å². The first-order chi connectivity index (χ1) is 16.9. The van der Waals surface area contributed by atoms with Crippen molar-refractivity contribution in [3.63, 3.8) is 0 Å². The number of hydrogen-bond acceptors (Lipinski definition) is 6. The van der Waals surface area contributed by atoms with E-state index in [2.05, 4.69) is 5.32 Å². The van der Waals surface area contributed by atoms with Crippen molar-refractivity contribution < 1.29 is 27.4 Å². The van der Waals surface area contributed by atoms with Gasteiger partial charge < -0.3 is 19.5 Å². The van der Waals surface area contributed by atoms with Crippen molar-refractivity contribution in [3.8, 4) is 17.2 Å². The second kappa shape index (κ2) is 11.0. The minimum absolute atomic E-state index is 0.0402. The van der Waals surface area contributed by atoms with Crippen LogP contribution >= 0.6 is 0 Å². The standard InChI is InChI=1S/C26H30N2O6S/c1-32-24-15-21-10-12-28(17-22(21)16-25(24)33-2)35(30,31)13-5-11-27-26(29)18-34-23-9-8-19-6-3-4-7-20(19)14-23/h3-4,6-9,14-16H,5,10-13,17-18H2,1-2H3,(H,27,29). The molecule has 3 aromatic carbocycles. The van der Waals surface area contributed by atoms with Crippen LogP contribution in [0.2, 0.25) is 0 Å². The maximum atomic E-state index is 12.9. The molecular weight excluding hydrogens is 468 g/mol. The summed E-state index contributed by atoms with van der Waals surface area (Å²) in [4.78, 5) is 12.1. The zero-order chi connectivity index (χ0) is 24.8. The van der Waals surface area contributed by atoms with Gasteiger partial charge in [0.2, 0.25) is 10.0 Å². The second-order valence-electron chi connectivity index (χ2n) is 8.38. The fourth-order valence-electron chi connectivity index (χ4n) is 4.16. The van der Waals surface area contributed by atoms with E-state index in [1.807, 2.05) is 54.6 Å². The summed E-state index contributed by atoms with van der Waals surface area (Å²) >= 11 is 0. The van der Waals surface area contributed by atoms with Gasteiger partial charge in [-0.3, -0.25) is 4.79 Å². The maximum Gasteiger partial charge on any atom is 0.257 e. The monoisotopic (exact) mass is 498 g/mol. The number of nitrogens with one attached hydrogen (secondary N) is 1. The summed E-state index contributed by atoms with van der Waals surface area (Å²) in [6.07, 6.45) is 0.928. The predicted molar refractivity (Wildman–Crippen MR) is 135 cm³/mol. The van der Waals surface area contributed by atoms with E-state index in [0.717, 1.165) is 21.9 Å². The maximum absolute atomic E-state index is 12.9. The number of amides is 1. The lowest BCUT2D eigenvalue weighted by Gasteiger charge is -2.29. The number of fused-ring (bicyclic) bond motifs is 2. The number of carbonyl (C=O) groups excluding carboxylic acids is 1. The average molecular weight is 499 g/mol. The van der Waals surface area contributed by atoms with Crippen molar-refractivity contribution in [1.82, 2.24) is 9.62 Å². The van der Waals surface area contributed by atoms with Gasteiger partial charge in [-0.15, -0.1) is 0 Å². The van der Waals surface area contributed by atoms with Crippen LogP contribution in [0.4, 0.5) is 0 Å². The Balaban J connectivity index is 1.23. The van der Waals surface area contributed by atoms with E-state index in [1.165, 1.54) is 4.31 Å². The van der Waals surface area contributed by atoms with Crippen LogP contribution in [0, 0.1) is 0 Å². The quantitative estimate of drug-likeness (QED) is 0.432. The predicted octanol–water partition coefficient (Wildman–Crippen LogP) is 3.13. The molecule has 1 heterocycles. The van der Waals surface area contributed by atoms with Gasteiger partial charge in [-0.05, 0) is 59.0 Å². The number of sulfonamides is 1. The fourth-order valence-corrected chi connectivity index (χ4v) is 5.64. The molecule has 4 rings (SSSR count). The number of methoxy groups -OCH3 is 2. The first kappa shape index (κ1) is 24.8. The minimum atomic E-state index is -3.46. The van der Waals surface area contributed by atoms with Gasteiger partial charge in [0.05, 0.1) is 20.0 Å². The summed E-state index contributed by atoms with van der Waals surface area (Å²) in [5.41, 5.74) is 1.98. The molecule has 0 saturated carbocycles. The highest BCUT2D eigenvalue weighted by Gasteiger charge is 2.27. The van der Waals surface area contributed by atoms with E-state index in [1.54, 1.807) is 14.2 Å². The van der Waals surface area contributed by atoms with Crippen molar-refractivity contribution in [1.29, 1.82) is 0 Å². The van der Waals surface area contributed by atoms with E-state index in [9.17, 15) is 13.2 Å². The largest absolute Gasteiger partial charge is 0.493 e. The lowest BCUT2D eigenvalue weighted by Crippen LogP contribution is -2.38. The summed E-state index contributed by atoms with van der Waals surface area (Å²) in [5.74, 6) is 1.51. The molecule has 0 aliphatic carbocycles. The normalized spacial score (nSPS) is 13.8. The Morgan fingerprint density at radius 3 is 2.43 bits per heavy atom. The summed E-state index contributed by atoms with van der Waals surface area (Å²) < 4.78 is 43.5. The van der Waals surface area contributed by atoms with Gasteiger partial charge in [0.25, 0.3) is 5.91 Å². The molecule has 1 aliphatic rings. The number of rotatable bonds is 10. The van der Waals surface area contributed by atoms with Crippen LogP contribution < -0.4 is 19.5 Å². The molecule has 1 aliphatic heterocycles. The van der Waals surface area contributed by atoms with E-state index in [0.29, 0.717) is 43.2 Å². The highest BCUT2D eigenvalue weighted by Crippen LogP contribution is 2.33. The molecule has 1 N–H and O–H groups in total. The Bertz CT molecular complexity index is 1310. The highest BCUT2D eigenvalue weighted by atomic mass is 32.2. The molecule has 0 radical (unpaired) electrons. The van der Waals surface area contributed by atoms with Gasteiger partial charge >= 0.3 is 0 Å². The van der Waals surface area contributed by atoms with Crippen molar-refractivity contribution in [2.24, 2.45) is 0 Å². The lowest BCUT2D eigenvalue weighted by atomic mass is 10.0. The van der Waals surface area contributed by atoms with E-state index < -0.39 is 10.0 Å². The van der Waals surface area contributed by atoms with Crippen LogP contribution in [-0.2, 0) is 27.8 Å². The van der Waals surface area contributed by atoms with Crippen LogP contribution in [0.1, 0.15) is 17.5 Å². The first-order valence-corrected chi connectivity index (χ1v) is 13.1. The molecule has 186 valence electrons. The molecule has 0 atom stereocenters. The van der Waals surface area contributed by atoms with Crippen LogP contribution in [0.25, 0.3) is 10.8 Å². The summed E-state index contributed by atoms with van der Waals surface area (Å²) in [6.45, 7) is 0.842. The van der Waals surface area contributed by atoms with Crippen LogP contribution in [0.3, 0.4) is 0 Å². The third-order valence-corrected chi connectivity index (χ3v) is 7.97. The van der Waals surface area contributed by atoms with Crippen molar-refractivity contribution in [2.45, 2.75) is 19.4 Å². The molecule has 9 heteroatoms. The van der Waals surface area contributed by atoms with Crippen LogP contribution in [0.15, 0.2) is 54.6 Å². The molecule has 1 amide bonds. The SMILES string of the molecule is COc1cc2c(cc1OC)CN(S(=O)(=O)CCCNC(=O)COc1ccc3ccccc3c1)CC2. The molecule has 35 heavy (non-hydrogen) atoms. The summed E-state index contributed by atoms with van der Waals surface area (Å²) in [7, 11) is -0.317. The lowest BCUT2D eigenvalue weighted by molar-refractivity contribution is -0.123. The third kappa shape index (κ3) is 6.04. The van der Waals surface area contributed by atoms with E-state index >= 15 is 0 Å².